The Balaban J connectivity index is 2.08. The molecule has 102 valence electrons. The molecule has 0 aliphatic carbocycles. The van der Waals surface area contributed by atoms with Crippen molar-refractivity contribution in [1.29, 1.82) is 5.26 Å². The molecular formula is C13H10BrN3O3. The van der Waals surface area contributed by atoms with Gasteiger partial charge < -0.3 is 9.15 Å². The zero-order valence-electron chi connectivity index (χ0n) is 10.2. The highest BCUT2D eigenvalue weighted by Gasteiger charge is 2.10. The first-order valence-corrected chi connectivity index (χ1v) is 6.34. The Morgan fingerprint density at radius 2 is 2.30 bits per heavy atom. The Morgan fingerprint density at radius 3 is 3.00 bits per heavy atom. The number of nitriles is 1. The number of amides is 1. The number of ether oxygens (including phenoxy) is 1. The van der Waals surface area contributed by atoms with E-state index in [1.54, 1.807) is 18.2 Å². The molecule has 0 fully saturated rings. The summed E-state index contributed by atoms with van der Waals surface area (Å²) in [6.07, 6.45) is 1.29. The Bertz CT molecular complexity index is 676. The molecule has 1 aromatic carbocycles. The number of nitrogens with two attached hydrogens (primary N) is 1. The van der Waals surface area contributed by atoms with Crippen LogP contribution in [0.1, 0.15) is 21.7 Å². The second-order valence-corrected chi connectivity index (χ2v) is 4.73. The summed E-state index contributed by atoms with van der Waals surface area (Å²) in [4.78, 5) is 11.3. The topological polar surface area (TPSA) is 101 Å². The molecule has 0 aliphatic rings. The van der Waals surface area contributed by atoms with Crippen LogP contribution in [-0.4, -0.2) is 5.91 Å². The number of hydrogen-bond acceptors (Lipinski definition) is 5. The number of halogens is 1. The van der Waals surface area contributed by atoms with Gasteiger partial charge in [-0.15, -0.1) is 0 Å². The van der Waals surface area contributed by atoms with Crippen LogP contribution in [0.15, 0.2) is 39.4 Å². The standard InChI is InChI=1S/C13H10BrN3O3/c14-10-1-2-12(8(3-10)5-15)20-7-11-4-9(6-19-11)13(18)17-16/h1-4,6H,7,16H2,(H,17,18). The first kappa shape index (κ1) is 14.1. The van der Waals surface area contributed by atoms with Crippen molar-refractivity contribution >= 4 is 21.8 Å². The second-order valence-electron chi connectivity index (χ2n) is 3.82. The Hall–Kier alpha value is -2.30. The fourth-order valence-corrected chi connectivity index (χ4v) is 1.88. The Labute approximate surface area is 123 Å². The van der Waals surface area contributed by atoms with Crippen LogP contribution >= 0.6 is 15.9 Å². The number of furan rings is 1. The van der Waals surface area contributed by atoms with E-state index >= 15 is 0 Å². The minimum absolute atomic E-state index is 0.105. The third kappa shape index (κ3) is 3.17. The first-order valence-electron chi connectivity index (χ1n) is 5.55. The molecule has 3 N–H and O–H groups in total. The maximum absolute atomic E-state index is 11.3. The van der Waals surface area contributed by atoms with E-state index in [-0.39, 0.29) is 6.61 Å². The van der Waals surface area contributed by atoms with Crippen molar-refractivity contribution < 1.29 is 13.9 Å². The van der Waals surface area contributed by atoms with Gasteiger partial charge in [-0.1, -0.05) is 15.9 Å². The lowest BCUT2D eigenvalue weighted by atomic mass is 10.2. The average molecular weight is 336 g/mol. The van der Waals surface area contributed by atoms with Gasteiger partial charge in [-0.3, -0.25) is 10.2 Å². The SMILES string of the molecule is N#Cc1cc(Br)ccc1OCc1cc(C(=O)NN)co1. The van der Waals surface area contributed by atoms with Crippen molar-refractivity contribution in [3.63, 3.8) is 0 Å². The van der Waals surface area contributed by atoms with Gasteiger partial charge in [0.05, 0.1) is 11.1 Å². The summed E-state index contributed by atoms with van der Waals surface area (Å²) >= 11 is 3.28. The number of benzene rings is 1. The lowest BCUT2D eigenvalue weighted by molar-refractivity contribution is 0.0953. The van der Waals surface area contributed by atoms with Gasteiger partial charge in [-0.05, 0) is 24.3 Å². The zero-order chi connectivity index (χ0) is 14.5. The van der Waals surface area contributed by atoms with Gasteiger partial charge in [0.1, 0.15) is 30.4 Å². The van der Waals surface area contributed by atoms with Crippen LogP contribution in [0, 0.1) is 11.3 Å². The van der Waals surface area contributed by atoms with Crippen molar-refractivity contribution in [2.75, 3.05) is 0 Å². The third-order valence-electron chi connectivity index (χ3n) is 2.48. The Kier molecular flexibility index (Phi) is 4.40. The molecule has 0 unspecified atom stereocenters. The van der Waals surface area contributed by atoms with Crippen molar-refractivity contribution in [2.45, 2.75) is 6.61 Å². The van der Waals surface area contributed by atoms with Gasteiger partial charge in [0.25, 0.3) is 5.91 Å². The van der Waals surface area contributed by atoms with E-state index in [4.69, 9.17) is 20.3 Å². The second kappa shape index (κ2) is 6.23. The van der Waals surface area contributed by atoms with Gasteiger partial charge >= 0.3 is 0 Å². The molecule has 0 saturated heterocycles. The Morgan fingerprint density at radius 1 is 1.50 bits per heavy atom. The summed E-state index contributed by atoms with van der Waals surface area (Å²) < 4.78 is 11.5. The number of nitrogens with one attached hydrogen (secondary N) is 1. The molecule has 0 atom stereocenters. The van der Waals surface area contributed by atoms with Crippen LogP contribution in [0.5, 0.6) is 5.75 Å². The highest BCUT2D eigenvalue weighted by atomic mass is 79.9. The molecule has 1 heterocycles. The van der Waals surface area contributed by atoms with Crippen molar-refractivity contribution in [1.82, 2.24) is 5.43 Å². The van der Waals surface area contributed by atoms with Crippen molar-refractivity contribution in [2.24, 2.45) is 5.84 Å². The monoisotopic (exact) mass is 335 g/mol. The summed E-state index contributed by atoms with van der Waals surface area (Å²) in [5.41, 5.74) is 2.72. The normalized spacial score (nSPS) is 9.85. The van der Waals surface area contributed by atoms with E-state index in [0.717, 1.165) is 4.47 Å². The molecule has 0 bridgehead atoms. The van der Waals surface area contributed by atoms with E-state index in [1.165, 1.54) is 12.3 Å². The molecule has 2 aromatic rings. The van der Waals surface area contributed by atoms with Crippen LogP contribution in [-0.2, 0) is 6.61 Å². The number of nitrogens with zero attached hydrogens (tertiary/aromatic N) is 1. The molecule has 0 spiro atoms. The maximum atomic E-state index is 11.3. The highest BCUT2D eigenvalue weighted by molar-refractivity contribution is 9.10. The molecule has 0 radical (unpaired) electrons. The lowest BCUT2D eigenvalue weighted by Gasteiger charge is -2.06. The van der Waals surface area contributed by atoms with Crippen LogP contribution in [0.4, 0.5) is 0 Å². The number of carbonyl (C=O) groups is 1. The van der Waals surface area contributed by atoms with E-state index in [1.807, 2.05) is 11.5 Å². The van der Waals surface area contributed by atoms with E-state index in [9.17, 15) is 4.79 Å². The highest BCUT2D eigenvalue weighted by Crippen LogP contribution is 2.23. The predicted octanol–water partition coefficient (Wildman–Crippen LogP) is 2.10. The molecule has 7 heteroatoms. The van der Waals surface area contributed by atoms with Gasteiger partial charge in [0.2, 0.25) is 0 Å². The molecule has 6 nitrogen and oxygen atoms in total. The van der Waals surface area contributed by atoms with Crippen LogP contribution in [0.2, 0.25) is 0 Å². The third-order valence-corrected chi connectivity index (χ3v) is 2.97. The molecule has 0 saturated carbocycles. The molecule has 20 heavy (non-hydrogen) atoms. The minimum atomic E-state index is -0.443. The van der Waals surface area contributed by atoms with Crippen LogP contribution in [0.25, 0.3) is 0 Å². The lowest BCUT2D eigenvalue weighted by Crippen LogP contribution is -2.29. The van der Waals surface area contributed by atoms with Crippen LogP contribution < -0.4 is 16.0 Å². The van der Waals surface area contributed by atoms with Gasteiger partial charge in [-0.2, -0.15) is 5.26 Å². The number of hydrogen-bond donors (Lipinski definition) is 2. The minimum Gasteiger partial charge on any atom is -0.484 e. The molecule has 2 rings (SSSR count). The molecule has 0 aliphatic heterocycles. The number of rotatable bonds is 4. The maximum Gasteiger partial charge on any atom is 0.268 e. The van der Waals surface area contributed by atoms with E-state index in [2.05, 4.69) is 15.9 Å². The molecule has 1 aromatic heterocycles. The number of nitrogen functional groups attached to an aromatic ring is 1. The summed E-state index contributed by atoms with van der Waals surface area (Å²) in [5, 5.41) is 9.01. The van der Waals surface area contributed by atoms with Gasteiger partial charge in [0, 0.05) is 4.47 Å². The predicted molar refractivity (Wildman–Crippen MR) is 73.6 cm³/mol. The summed E-state index contributed by atoms with van der Waals surface area (Å²) in [7, 11) is 0. The average Bonchev–Trinajstić information content (AvgIpc) is 2.93. The number of carbonyl (C=O) groups excluding carboxylic acids is 1. The van der Waals surface area contributed by atoms with Gasteiger partial charge in [0.15, 0.2) is 0 Å². The van der Waals surface area contributed by atoms with Crippen molar-refractivity contribution in [3.8, 4) is 11.8 Å². The molecular weight excluding hydrogens is 326 g/mol. The summed E-state index contributed by atoms with van der Waals surface area (Å²) in [5.74, 6) is 5.47. The summed E-state index contributed by atoms with van der Waals surface area (Å²) in [6, 6.07) is 8.67. The van der Waals surface area contributed by atoms with Crippen molar-refractivity contribution in [3.05, 3.63) is 51.9 Å². The smallest absolute Gasteiger partial charge is 0.268 e. The van der Waals surface area contributed by atoms with E-state index in [0.29, 0.717) is 22.6 Å². The first-order chi connectivity index (χ1) is 9.63. The van der Waals surface area contributed by atoms with Crippen LogP contribution in [0.3, 0.4) is 0 Å². The quantitative estimate of drug-likeness (QED) is 0.506. The van der Waals surface area contributed by atoms with E-state index < -0.39 is 5.91 Å². The largest absolute Gasteiger partial charge is 0.484 e. The number of hydrazine groups is 1. The summed E-state index contributed by atoms with van der Waals surface area (Å²) in [6.45, 7) is 0.105. The fraction of sp³-hybridized carbons (Fsp3) is 0.0769. The zero-order valence-corrected chi connectivity index (χ0v) is 11.8. The molecule has 1 amide bonds. The van der Waals surface area contributed by atoms with Gasteiger partial charge in [-0.25, -0.2) is 5.84 Å². The fourth-order valence-electron chi connectivity index (χ4n) is 1.52.